The Bertz CT molecular complexity index is 1210. The molecule has 1 aliphatic carbocycles. The molecular formula is C22H23N7O2. The number of pyridine rings is 1. The monoisotopic (exact) mass is 417 g/mol. The van der Waals surface area contributed by atoms with Crippen molar-refractivity contribution < 1.29 is 9.59 Å². The maximum absolute atomic E-state index is 12.0. The van der Waals surface area contributed by atoms with Crippen LogP contribution in [0.15, 0.2) is 36.2 Å². The largest absolute Gasteiger partial charge is 0.367 e. The fraction of sp³-hybridized carbons (Fsp3) is 0.318. The lowest BCUT2D eigenvalue weighted by molar-refractivity contribution is -0.124. The van der Waals surface area contributed by atoms with E-state index in [4.69, 9.17) is 4.98 Å². The molecule has 0 spiro atoms. The van der Waals surface area contributed by atoms with Gasteiger partial charge < -0.3 is 10.6 Å². The van der Waals surface area contributed by atoms with Gasteiger partial charge in [-0.15, -0.1) is 0 Å². The summed E-state index contributed by atoms with van der Waals surface area (Å²) in [5, 5.41) is 13.7. The Labute approximate surface area is 179 Å². The highest BCUT2D eigenvalue weighted by molar-refractivity contribution is 6.15. The number of nitrogens with one attached hydrogen (secondary N) is 3. The number of hydrogen-bond acceptors (Lipinski definition) is 7. The van der Waals surface area contributed by atoms with E-state index < -0.39 is 0 Å². The van der Waals surface area contributed by atoms with Crippen LogP contribution in [0.2, 0.25) is 0 Å². The van der Waals surface area contributed by atoms with Crippen LogP contribution < -0.4 is 16.0 Å². The molecule has 1 atom stereocenters. The number of fused-ring (bicyclic) bond motifs is 1. The fourth-order valence-corrected chi connectivity index (χ4v) is 3.54. The molecule has 0 bridgehead atoms. The first-order valence-corrected chi connectivity index (χ1v) is 10.4. The van der Waals surface area contributed by atoms with Crippen LogP contribution in [0.5, 0.6) is 0 Å². The summed E-state index contributed by atoms with van der Waals surface area (Å²) in [5.74, 6) is 0.848. The number of aryl methyl sites for hydroxylation is 1. The van der Waals surface area contributed by atoms with Gasteiger partial charge in [-0.3, -0.25) is 19.9 Å². The molecule has 0 radical (unpaired) electrons. The molecule has 3 aromatic heterocycles. The smallest absolute Gasteiger partial charge is 0.254 e. The van der Waals surface area contributed by atoms with Crippen LogP contribution in [0.4, 0.5) is 11.6 Å². The van der Waals surface area contributed by atoms with Gasteiger partial charge >= 0.3 is 0 Å². The number of imide groups is 1. The standard InChI is InChI=1S/C22H23N7O2/c1-12-3-6-17(23-10-12)13(2)25-18-9-19(26-16-4-5-16)29-21(27-18)15(11-24-29)7-14-8-20(30)28-22(14)31/h3,6-7,9-11,13,16,26H,4-5,8H2,1-2H3,(H,25,27)(H,28,30,31)/b14-7+. The lowest BCUT2D eigenvalue weighted by atomic mass is 10.1. The zero-order valence-electron chi connectivity index (χ0n) is 17.3. The van der Waals surface area contributed by atoms with Crippen molar-refractivity contribution in [3.63, 3.8) is 0 Å². The minimum atomic E-state index is -0.367. The zero-order chi connectivity index (χ0) is 21.5. The van der Waals surface area contributed by atoms with Gasteiger partial charge in [0.05, 0.1) is 24.4 Å². The predicted octanol–water partition coefficient (Wildman–Crippen LogP) is 2.61. The molecule has 31 heavy (non-hydrogen) atoms. The highest BCUT2D eigenvalue weighted by Crippen LogP contribution is 2.29. The fourth-order valence-electron chi connectivity index (χ4n) is 3.54. The Morgan fingerprint density at radius 1 is 1.26 bits per heavy atom. The molecule has 2 aliphatic rings. The normalized spacial score (nSPS) is 18.5. The molecule has 4 heterocycles. The molecule has 0 aromatic carbocycles. The van der Waals surface area contributed by atoms with Crippen LogP contribution in [-0.2, 0) is 9.59 Å². The predicted molar refractivity (Wildman–Crippen MR) is 116 cm³/mol. The van der Waals surface area contributed by atoms with Crippen molar-refractivity contribution in [1.82, 2.24) is 24.9 Å². The Morgan fingerprint density at radius 2 is 2.10 bits per heavy atom. The molecular weight excluding hydrogens is 394 g/mol. The highest BCUT2D eigenvalue weighted by atomic mass is 16.2. The third-order valence-corrected chi connectivity index (χ3v) is 5.40. The van der Waals surface area contributed by atoms with E-state index >= 15 is 0 Å². The average molecular weight is 417 g/mol. The zero-order valence-corrected chi connectivity index (χ0v) is 17.3. The van der Waals surface area contributed by atoms with E-state index in [0.29, 0.717) is 28.6 Å². The van der Waals surface area contributed by atoms with Crippen molar-refractivity contribution in [2.45, 2.75) is 45.2 Å². The third-order valence-electron chi connectivity index (χ3n) is 5.40. The summed E-state index contributed by atoms with van der Waals surface area (Å²) in [6, 6.07) is 6.35. The maximum Gasteiger partial charge on any atom is 0.254 e. The second-order valence-electron chi connectivity index (χ2n) is 8.13. The summed E-state index contributed by atoms with van der Waals surface area (Å²) in [6.07, 6.45) is 7.51. The molecule has 2 amide bonds. The maximum atomic E-state index is 12.0. The van der Waals surface area contributed by atoms with Gasteiger partial charge in [-0.1, -0.05) is 6.07 Å². The number of amides is 2. The Hall–Kier alpha value is -3.75. The topological polar surface area (TPSA) is 113 Å². The number of anilines is 2. The quantitative estimate of drug-likeness (QED) is 0.417. The summed E-state index contributed by atoms with van der Waals surface area (Å²) in [6.45, 7) is 4.04. The van der Waals surface area contributed by atoms with E-state index in [-0.39, 0.29) is 24.3 Å². The number of hydrogen-bond donors (Lipinski definition) is 3. The molecule has 2 fully saturated rings. The van der Waals surface area contributed by atoms with Crippen molar-refractivity contribution in [3.8, 4) is 0 Å². The number of rotatable bonds is 6. The first kappa shape index (κ1) is 19.2. The average Bonchev–Trinajstić information content (AvgIpc) is 3.37. The Kier molecular flexibility index (Phi) is 4.65. The van der Waals surface area contributed by atoms with Gasteiger partial charge in [0.25, 0.3) is 5.91 Å². The summed E-state index contributed by atoms with van der Waals surface area (Å²) in [5.41, 5.74) is 3.73. The Morgan fingerprint density at radius 3 is 2.77 bits per heavy atom. The van der Waals surface area contributed by atoms with Crippen LogP contribution in [-0.4, -0.2) is 37.4 Å². The molecule has 1 saturated heterocycles. The van der Waals surface area contributed by atoms with Crippen molar-refractivity contribution in [1.29, 1.82) is 0 Å². The van der Waals surface area contributed by atoms with Crippen molar-refractivity contribution in [2.75, 3.05) is 10.6 Å². The minimum Gasteiger partial charge on any atom is -0.367 e. The van der Waals surface area contributed by atoms with Gasteiger partial charge in [-0.05, 0) is 44.4 Å². The van der Waals surface area contributed by atoms with Crippen molar-refractivity contribution in [2.24, 2.45) is 0 Å². The first-order chi connectivity index (χ1) is 15.0. The summed E-state index contributed by atoms with van der Waals surface area (Å²) < 4.78 is 1.74. The van der Waals surface area contributed by atoms with E-state index in [1.807, 2.05) is 38.2 Å². The molecule has 9 heteroatoms. The molecule has 1 saturated carbocycles. The van der Waals surface area contributed by atoms with Crippen LogP contribution >= 0.6 is 0 Å². The van der Waals surface area contributed by atoms with Crippen LogP contribution in [0, 0.1) is 6.92 Å². The second kappa shape index (κ2) is 7.50. The second-order valence-corrected chi connectivity index (χ2v) is 8.13. The van der Waals surface area contributed by atoms with Crippen LogP contribution in [0.25, 0.3) is 11.7 Å². The lowest BCUT2D eigenvalue weighted by Crippen LogP contribution is -2.19. The lowest BCUT2D eigenvalue weighted by Gasteiger charge is -2.16. The van der Waals surface area contributed by atoms with Gasteiger partial charge in [0.2, 0.25) is 5.91 Å². The molecule has 3 aromatic rings. The summed E-state index contributed by atoms with van der Waals surface area (Å²) >= 11 is 0. The molecule has 3 N–H and O–H groups in total. The first-order valence-electron chi connectivity index (χ1n) is 10.4. The summed E-state index contributed by atoms with van der Waals surface area (Å²) in [7, 11) is 0. The molecule has 158 valence electrons. The number of aromatic nitrogens is 4. The molecule has 1 unspecified atom stereocenters. The highest BCUT2D eigenvalue weighted by Gasteiger charge is 2.26. The SMILES string of the molecule is Cc1ccc(C(C)Nc2cc(NC3CC3)n3ncc(/C=C4\CC(=O)NC4=O)c3n2)nc1. The molecule has 5 rings (SSSR count). The van der Waals surface area contributed by atoms with E-state index in [0.717, 1.165) is 29.9 Å². The third kappa shape index (κ3) is 3.98. The van der Waals surface area contributed by atoms with Crippen molar-refractivity contribution >= 4 is 35.2 Å². The van der Waals surface area contributed by atoms with E-state index in [1.165, 1.54) is 0 Å². The van der Waals surface area contributed by atoms with E-state index in [1.54, 1.807) is 16.8 Å². The minimum absolute atomic E-state index is 0.0488. The van der Waals surface area contributed by atoms with Crippen LogP contribution in [0.1, 0.15) is 49.0 Å². The molecule has 9 nitrogen and oxygen atoms in total. The van der Waals surface area contributed by atoms with Gasteiger partial charge in [-0.25, -0.2) is 4.98 Å². The van der Waals surface area contributed by atoms with Gasteiger partial charge in [0.1, 0.15) is 11.6 Å². The van der Waals surface area contributed by atoms with E-state index in [2.05, 4.69) is 26.0 Å². The van der Waals surface area contributed by atoms with Gasteiger partial charge in [0, 0.05) is 29.4 Å². The van der Waals surface area contributed by atoms with Crippen LogP contribution in [0.3, 0.4) is 0 Å². The molecule has 1 aliphatic heterocycles. The van der Waals surface area contributed by atoms with Gasteiger partial charge in [-0.2, -0.15) is 9.61 Å². The number of carbonyl (C=O) groups excluding carboxylic acids is 2. The van der Waals surface area contributed by atoms with Crippen molar-refractivity contribution in [3.05, 3.63) is 53.0 Å². The van der Waals surface area contributed by atoms with E-state index in [9.17, 15) is 9.59 Å². The number of carbonyl (C=O) groups is 2. The number of nitrogens with zero attached hydrogens (tertiary/aromatic N) is 4. The van der Waals surface area contributed by atoms with Gasteiger partial charge in [0.15, 0.2) is 5.65 Å². The summed E-state index contributed by atoms with van der Waals surface area (Å²) in [4.78, 5) is 32.8. The Balaban J connectivity index is 1.52.